The monoisotopic (exact) mass is 377 g/mol. The van der Waals surface area contributed by atoms with Gasteiger partial charge in [0.2, 0.25) is 5.91 Å². The number of nitrogens with one attached hydrogen (secondary N) is 1. The Kier molecular flexibility index (Phi) is 8.28. The fourth-order valence-electron chi connectivity index (χ4n) is 2.44. The summed E-state index contributed by atoms with van der Waals surface area (Å²) in [6, 6.07) is 16.1. The van der Waals surface area contributed by atoms with Crippen molar-refractivity contribution in [2.24, 2.45) is 0 Å². The summed E-state index contributed by atoms with van der Waals surface area (Å²) in [5.41, 5.74) is 1.22. The van der Waals surface area contributed by atoms with Gasteiger partial charge in [-0.25, -0.2) is 4.39 Å². The summed E-state index contributed by atoms with van der Waals surface area (Å²) >= 11 is 0. The van der Waals surface area contributed by atoms with Gasteiger partial charge in [-0.1, -0.05) is 42.5 Å². The number of benzene rings is 2. The van der Waals surface area contributed by atoms with Gasteiger partial charge in [0, 0.05) is 16.8 Å². The first-order chi connectivity index (χ1) is 12.5. The molecule has 2 rings (SSSR count). The lowest BCUT2D eigenvalue weighted by atomic mass is 10.1. The highest BCUT2D eigenvalue weighted by molar-refractivity contribution is 7.85. The van der Waals surface area contributed by atoms with Gasteiger partial charge in [-0.3, -0.25) is 9.00 Å². The lowest BCUT2D eigenvalue weighted by Crippen LogP contribution is -2.36. The first-order valence-corrected chi connectivity index (χ1v) is 10.1. The largest absolute Gasteiger partial charge is 0.490 e. The molecule has 2 unspecified atom stereocenters. The van der Waals surface area contributed by atoms with Crippen LogP contribution in [0.3, 0.4) is 0 Å². The fraction of sp³-hybridized carbons (Fsp3) is 0.350. The lowest BCUT2D eigenvalue weighted by Gasteiger charge is -2.14. The molecule has 0 heterocycles. The minimum Gasteiger partial charge on any atom is -0.490 e. The third-order valence-electron chi connectivity index (χ3n) is 3.81. The molecule has 2 atom stereocenters. The van der Waals surface area contributed by atoms with Crippen LogP contribution in [0.25, 0.3) is 0 Å². The molecule has 2 aromatic carbocycles. The molecule has 0 bridgehead atoms. The Balaban J connectivity index is 1.63. The number of rotatable bonds is 10. The summed E-state index contributed by atoms with van der Waals surface area (Å²) in [4.78, 5) is 12.0. The van der Waals surface area contributed by atoms with Crippen LogP contribution in [-0.4, -0.2) is 34.3 Å². The molecular weight excluding hydrogens is 353 g/mol. The summed E-state index contributed by atoms with van der Waals surface area (Å²) in [6.07, 6.45) is 1.70. The molecule has 0 fully saturated rings. The van der Waals surface area contributed by atoms with Crippen molar-refractivity contribution in [2.75, 3.05) is 18.1 Å². The topological polar surface area (TPSA) is 55.4 Å². The Morgan fingerprint density at radius 3 is 2.58 bits per heavy atom. The standard InChI is InChI=1S/C20H24FNO3S/c1-16(11-12-17-7-3-2-4-8-17)22-20(23)15-26(24)14-13-25-19-10-6-5-9-18(19)21/h2-10,16H,11-15H2,1H3,(H,22,23). The average Bonchev–Trinajstić information content (AvgIpc) is 2.62. The number of amides is 1. The molecule has 1 N–H and O–H groups in total. The molecule has 0 aliphatic carbocycles. The number of ether oxygens (including phenoxy) is 1. The van der Waals surface area contributed by atoms with E-state index in [9.17, 15) is 13.4 Å². The van der Waals surface area contributed by atoms with Crippen LogP contribution < -0.4 is 10.1 Å². The number of carbonyl (C=O) groups is 1. The van der Waals surface area contributed by atoms with Gasteiger partial charge in [0.15, 0.2) is 11.6 Å². The molecule has 0 aromatic heterocycles. The molecule has 0 spiro atoms. The van der Waals surface area contributed by atoms with E-state index in [1.54, 1.807) is 12.1 Å². The van der Waals surface area contributed by atoms with E-state index in [4.69, 9.17) is 4.74 Å². The fourth-order valence-corrected chi connectivity index (χ4v) is 3.23. The predicted molar refractivity (Wildman–Crippen MR) is 102 cm³/mol. The maximum atomic E-state index is 13.4. The Morgan fingerprint density at radius 2 is 1.85 bits per heavy atom. The first-order valence-electron chi connectivity index (χ1n) is 8.60. The lowest BCUT2D eigenvalue weighted by molar-refractivity contribution is -0.119. The van der Waals surface area contributed by atoms with Crippen LogP contribution in [0.1, 0.15) is 18.9 Å². The summed E-state index contributed by atoms with van der Waals surface area (Å²) in [5, 5.41) is 2.87. The molecule has 2 aromatic rings. The van der Waals surface area contributed by atoms with Gasteiger partial charge in [-0.05, 0) is 37.5 Å². The zero-order valence-electron chi connectivity index (χ0n) is 14.8. The van der Waals surface area contributed by atoms with Crippen LogP contribution in [0.2, 0.25) is 0 Å². The summed E-state index contributed by atoms with van der Waals surface area (Å²) in [5.74, 6) is -0.460. The van der Waals surface area contributed by atoms with E-state index in [1.807, 2.05) is 25.1 Å². The molecular formula is C20H24FNO3S. The number of para-hydroxylation sites is 1. The van der Waals surface area contributed by atoms with E-state index in [-0.39, 0.29) is 35.8 Å². The third-order valence-corrected chi connectivity index (χ3v) is 5.02. The molecule has 0 saturated heterocycles. The molecule has 0 radical (unpaired) electrons. The van der Waals surface area contributed by atoms with Gasteiger partial charge in [0.1, 0.15) is 5.75 Å². The molecule has 1 amide bonds. The Hall–Kier alpha value is -2.21. The number of carbonyl (C=O) groups excluding carboxylic acids is 1. The van der Waals surface area contributed by atoms with Crippen molar-refractivity contribution in [3.8, 4) is 5.75 Å². The van der Waals surface area contributed by atoms with Gasteiger partial charge in [0.25, 0.3) is 0 Å². The maximum Gasteiger partial charge on any atom is 0.232 e. The van der Waals surface area contributed by atoms with Crippen LogP contribution in [0.15, 0.2) is 54.6 Å². The molecule has 140 valence electrons. The quantitative estimate of drug-likeness (QED) is 0.692. The summed E-state index contributed by atoms with van der Waals surface area (Å²) in [6.45, 7) is 2.04. The van der Waals surface area contributed by atoms with Crippen molar-refractivity contribution in [1.82, 2.24) is 5.32 Å². The number of hydrogen-bond acceptors (Lipinski definition) is 3. The van der Waals surface area contributed by atoms with Gasteiger partial charge in [-0.2, -0.15) is 0 Å². The van der Waals surface area contributed by atoms with Gasteiger partial charge in [-0.15, -0.1) is 0 Å². The number of aryl methyl sites for hydroxylation is 1. The van der Waals surface area contributed by atoms with Crippen molar-refractivity contribution >= 4 is 16.7 Å². The zero-order chi connectivity index (χ0) is 18.8. The number of halogens is 1. The second-order valence-corrected chi connectivity index (χ2v) is 7.64. The highest BCUT2D eigenvalue weighted by Gasteiger charge is 2.12. The van der Waals surface area contributed by atoms with E-state index in [1.165, 1.54) is 17.7 Å². The van der Waals surface area contributed by atoms with Gasteiger partial charge >= 0.3 is 0 Å². The third kappa shape index (κ3) is 7.35. The molecule has 26 heavy (non-hydrogen) atoms. The SMILES string of the molecule is CC(CCc1ccccc1)NC(=O)CS(=O)CCOc1ccccc1F. The molecule has 0 aliphatic heterocycles. The first kappa shape index (κ1) is 20.1. The molecule has 4 nitrogen and oxygen atoms in total. The number of hydrogen-bond donors (Lipinski definition) is 1. The summed E-state index contributed by atoms with van der Waals surface area (Å²) in [7, 11) is -1.35. The van der Waals surface area contributed by atoms with Gasteiger partial charge in [0.05, 0.1) is 12.4 Å². The van der Waals surface area contributed by atoms with Crippen LogP contribution in [0, 0.1) is 5.82 Å². The molecule has 0 aliphatic rings. The predicted octanol–water partition coefficient (Wildman–Crippen LogP) is 3.09. The highest BCUT2D eigenvalue weighted by atomic mass is 32.2. The van der Waals surface area contributed by atoms with Gasteiger partial charge < -0.3 is 10.1 Å². The second kappa shape index (κ2) is 10.7. The highest BCUT2D eigenvalue weighted by Crippen LogP contribution is 2.15. The van der Waals surface area contributed by atoms with Crippen molar-refractivity contribution in [3.05, 3.63) is 66.0 Å². The summed E-state index contributed by atoms with van der Waals surface area (Å²) < 4.78 is 30.6. The van der Waals surface area contributed by atoms with Crippen LogP contribution in [0.4, 0.5) is 4.39 Å². The van der Waals surface area contributed by atoms with Crippen LogP contribution >= 0.6 is 0 Å². The Bertz CT molecular complexity index is 724. The minimum absolute atomic E-state index is 0.00868. The molecule has 6 heteroatoms. The van der Waals surface area contributed by atoms with E-state index in [0.717, 1.165) is 12.8 Å². The molecule has 0 saturated carbocycles. The van der Waals surface area contributed by atoms with Crippen LogP contribution in [0.5, 0.6) is 5.75 Å². The van der Waals surface area contributed by atoms with Crippen molar-refractivity contribution in [2.45, 2.75) is 25.8 Å². The smallest absolute Gasteiger partial charge is 0.232 e. The maximum absolute atomic E-state index is 13.4. The second-order valence-electron chi connectivity index (χ2n) is 6.06. The van der Waals surface area contributed by atoms with E-state index in [2.05, 4.69) is 17.4 Å². The van der Waals surface area contributed by atoms with E-state index < -0.39 is 16.6 Å². The Labute approximate surface area is 156 Å². The Morgan fingerprint density at radius 1 is 1.15 bits per heavy atom. The normalized spacial score (nSPS) is 13.0. The van der Waals surface area contributed by atoms with E-state index in [0.29, 0.717) is 0 Å². The van der Waals surface area contributed by atoms with Crippen molar-refractivity contribution in [1.29, 1.82) is 0 Å². The van der Waals surface area contributed by atoms with Crippen molar-refractivity contribution < 1.29 is 18.1 Å². The minimum atomic E-state index is -1.35. The van der Waals surface area contributed by atoms with Crippen molar-refractivity contribution in [3.63, 3.8) is 0 Å². The van der Waals surface area contributed by atoms with E-state index >= 15 is 0 Å². The van der Waals surface area contributed by atoms with Crippen LogP contribution in [-0.2, 0) is 22.0 Å². The average molecular weight is 377 g/mol. The zero-order valence-corrected chi connectivity index (χ0v) is 15.6.